The Morgan fingerprint density at radius 2 is 0.806 bits per heavy atom. The summed E-state index contributed by atoms with van der Waals surface area (Å²) in [6, 6.07) is 0. The zero-order valence-electron chi connectivity index (χ0n) is 24.8. The van der Waals surface area contributed by atoms with E-state index in [0.717, 1.165) is 19.3 Å². The van der Waals surface area contributed by atoms with E-state index in [1.807, 2.05) is 0 Å². The van der Waals surface area contributed by atoms with Crippen LogP contribution in [-0.2, 0) is 4.79 Å². The van der Waals surface area contributed by atoms with E-state index in [1.54, 1.807) is 0 Å². The first-order valence-corrected chi connectivity index (χ1v) is 16.2. The highest BCUT2D eigenvalue weighted by Gasteiger charge is 2.00. The normalized spacial score (nSPS) is 11.8. The van der Waals surface area contributed by atoms with Crippen LogP contribution in [0, 0.1) is 0 Å². The summed E-state index contributed by atoms with van der Waals surface area (Å²) in [5.74, 6) is -0.155. The van der Waals surface area contributed by atoms with Crippen molar-refractivity contribution < 1.29 is 15.0 Å². The lowest BCUT2D eigenvalue weighted by Gasteiger charge is -2.06. The predicted octanol–water partition coefficient (Wildman–Crippen LogP) is 9.38. The highest BCUT2D eigenvalue weighted by Crippen LogP contribution is 2.14. The average molecular weight is 514 g/mol. The predicted molar refractivity (Wildman–Crippen MR) is 158 cm³/mol. The molecule has 4 nitrogen and oxygen atoms in total. The number of hydrogen-bond acceptors (Lipinski definition) is 3. The van der Waals surface area contributed by atoms with Crippen molar-refractivity contribution in [1.82, 2.24) is 0 Å². The number of primary amides is 1. The summed E-state index contributed by atoms with van der Waals surface area (Å²) in [7, 11) is 0. The summed E-state index contributed by atoms with van der Waals surface area (Å²) in [4.78, 5) is 10.5. The van der Waals surface area contributed by atoms with Crippen molar-refractivity contribution in [3.63, 3.8) is 0 Å². The van der Waals surface area contributed by atoms with Gasteiger partial charge in [0.1, 0.15) is 0 Å². The Kier molecular flexibility index (Phi) is 35.9. The smallest absolute Gasteiger partial charge is 0.217 e. The standard InChI is InChI=1S/C16H33NO.C16H34O2/c1-2-3-4-5-6-7-8-9-10-11-12-13-14-15-16(17)18;1-2-3-4-5-6-7-8-9-10-11-12-13-14-16(18)15-17/h2-15H2,1H3,(H2,17,18);16-18H,2-15H2,1H3. The van der Waals surface area contributed by atoms with Crippen molar-refractivity contribution in [3.8, 4) is 0 Å². The number of aliphatic hydroxyl groups is 2. The molecule has 0 radical (unpaired) electrons. The van der Waals surface area contributed by atoms with Crippen LogP contribution < -0.4 is 5.73 Å². The molecule has 0 bridgehead atoms. The summed E-state index contributed by atoms with van der Waals surface area (Å²) in [5.41, 5.74) is 5.09. The summed E-state index contributed by atoms with van der Waals surface area (Å²) in [6.07, 6.45) is 34.3. The van der Waals surface area contributed by atoms with E-state index < -0.39 is 6.10 Å². The molecule has 0 saturated carbocycles. The van der Waals surface area contributed by atoms with Gasteiger partial charge in [-0.2, -0.15) is 0 Å². The minimum atomic E-state index is -0.492. The highest BCUT2D eigenvalue weighted by molar-refractivity contribution is 5.73. The van der Waals surface area contributed by atoms with E-state index in [-0.39, 0.29) is 12.5 Å². The van der Waals surface area contributed by atoms with Gasteiger partial charge in [0.2, 0.25) is 5.91 Å². The van der Waals surface area contributed by atoms with E-state index >= 15 is 0 Å². The summed E-state index contributed by atoms with van der Waals surface area (Å²) in [6.45, 7) is 4.45. The molecule has 0 aliphatic rings. The minimum Gasteiger partial charge on any atom is -0.394 e. The summed E-state index contributed by atoms with van der Waals surface area (Å²) >= 11 is 0. The number of carbonyl (C=O) groups is 1. The molecule has 36 heavy (non-hydrogen) atoms. The van der Waals surface area contributed by atoms with Crippen LogP contribution in [-0.4, -0.2) is 28.8 Å². The average Bonchev–Trinajstić information content (AvgIpc) is 2.87. The number of rotatable bonds is 28. The van der Waals surface area contributed by atoms with Gasteiger partial charge in [0.25, 0.3) is 0 Å². The Morgan fingerprint density at radius 1 is 0.528 bits per heavy atom. The van der Waals surface area contributed by atoms with Crippen LogP contribution in [0.4, 0.5) is 0 Å². The summed E-state index contributed by atoms with van der Waals surface area (Å²) in [5, 5.41) is 17.8. The lowest BCUT2D eigenvalue weighted by atomic mass is 10.0. The second-order valence-corrected chi connectivity index (χ2v) is 11.0. The fourth-order valence-electron chi connectivity index (χ4n) is 4.63. The summed E-state index contributed by atoms with van der Waals surface area (Å²) < 4.78 is 0. The van der Waals surface area contributed by atoms with Crippen molar-refractivity contribution in [1.29, 1.82) is 0 Å². The molecular formula is C32H67NO3. The molecule has 1 atom stereocenters. The zero-order chi connectivity index (χ0) is 27.0. The van der Waals surface area contributed by atoms with Crippen molar-refractivity contribution in [3.05, 3.63) is 0 Å². The number of aliphatic hydroxyl groups excluding tert-OH is 2. The van der Waals surface area contributed by atoms with Crippen LogP contribution in [0.3, 0.4) is 0 Å². The van der Waals surface area contributed by atoms with Gasteiger partial charge in [0, 0.05) is 6.42 Å². The lowest BCUT2D eigenvalue weighted by molar-refractivity contribution is -0.118. The Hall–Kier alpha value is -0.610. The second-order valence-electron chi connectivity index (χ2n) is 11.0. The molecule has 0 aromatic carbocycles. The Labute approximate surface area is 226 Å². The van der Waals surface area contributed by atoms with Crippen LogP contribution in [0.1, 0.15) is 187 Å². The van der Waals surface area contributed by atoms with Crippen LogP contribution >= 0.6 is 0 Å². The van der Waals surface area contributed by atoms with Gasteiger partial charge in [0.05, 0.1) is 12.7 Å². The van der Waals surface area contributed by atoms with Crippen molar-refractivity contribution in [2.24, 2.45) is 5.73 Å². The number of amides is 1. The molecule has 0 aromatic heterocycles. The van der Waals surface area contributed by atoms with E-state index in [2.05, 4.69) is 13.8 Å². The van der Waals surface area contributed by atoms with Gasteiger partial charge in [0.15, 0.2) is 0 Å². The van der Waals surface area contributed by atoms with Crippen molar-refractivity contribution in [2.45, 2.75) is 193 Å². The fraction of sp³-hybridized carbons (Fsp3) is 0.969. The van der Waals surface area contributed by atoms with Gasteiger partial charge in [-0.25, -0.2) is 0 Å². The molecule has 1 amide bonds. The molecule has 0 aliphatic carbocycles. The van der Waals surface area contributed by atoms with Gasteiger partial charge in [-0.3, -0.25) is 4.79 Å². The lowest BCUT2D eigenvalue weighted by Crippen LogP contribution is -2.10. The SMILES string of the molecule is CCCCCCCCCCCCCCC(O)CO.CCCCCCCCCCCCCCCC(N)=O. The zero-order valence-corrected chi connectivity index (χ0v) is 24.8. The van der Waals surface area contributed by atoms with Crippen LogP contribution in [0.5, 0.6) is 0 Å². The maximum absolute atomic E-state index is 10.5. The number of unbranched alkanes of at least 4 members (excludes halogenated alkanes) is 23. The third kappa shape index (κ3) is 37.9. The van der Waals surface area contributed by atoms with Gasteiger partial charge < -0.3 is 15.9 Å². The van der Waals surface area contributed by atoms with E-state index in [0.29, 0.717) is 6.42 Å². The van der Waals surface area contributed by atoms with Crippen LogP contribution in [0.15, 0.2) is 0 Å². The molecular weight excluding hydrogens is 446 g/mol. The molecule has 4 N–H and O–H groups in total. The first kappa shape index (κ1) is 37.5. The number of nitrogens with two attached hydrogens (primary N) is 1. The van der Waals surface area contributed by atoms with Crippen molar-refractivity contribution >= 4 is 5.91 Å². The maximum atomic E-state index is 10.5. The quantitative estimate of drug-likeness (QED) is 0.0911. The van der Waals surface area contributed by atoms with Gasteiger partial charge in [-0.05, 0) is 12.8 Å². The Morgan fingerprint density at radius 3 is 1.08 bits per heavy atom. The van der Waals surface area contributed by atoms with Gasteiger partial charge >= 0.3 is 0 Å². The van der Waals surface area contributed by atoms with E-state index in [1.165, 1.54) is 148 Å². The topological polar surface area (TPSA) is 83.6 Å². The molecule has 0 fully saturated rings. The molecule has 218 valence electrons. The molecule has 4 heteroatoms. The Bertz CT molecular complexity index is 403. The molecule has 0 heterocycles. The fourth-order valence-corrected chi connectivity index (χ4v) is 4.63. The largest absolute Gasteiger partial charge is 0.394 e. The monoisotopic (exact) mass is 514 g/mol. The number of carbonyl (C=O) groups excluding carboxylic acids is 1. The van der Waals surface area contributed by atoms with E-state index in [9.17, 15) is 4.79 Å². The van der Waals surface area contributed by atoms with Gasteiger partial charge in [-0.1, -0.05) is 168 Å². The van der Waals surface area contributed by atoms with Crippen molar-refractivity contribution in [2.75, 3.05) is 6.61 Å². The van der Waals surface area contributed by atoms with E-state index in [4.69, 9.17) is 15.9 Å². The van der Waals surface area contributed by atoms with Crippen LogP contribution in [0.25, 0.3) is 0 Å². The molecule has 0 saturated heterocycles. The third-order valence-electron chi connectivity index (χ3n) is 7.13. The molecule has 0 spiro atoms. The molecule has 0 aromatic rings. The molecule has 0 aliphatic heterocycles. The third-order valence-corrected chi connectivity index (χ3v) is 7.13. The minimum absolute atomic E-state index is 0.0853. The molecule has 1 unspecified atom stereocenters. The van der Waals surface area contributed by atoms with Crippen LogP contribution in [0.2, 0.25) is 0 Å². The maximum Gasteiger partial charge on any atom is 0.217 e. The van der Waals surface area contributed by atoms with Gasteiger partial charge in [-0.15, -0.1) is 0 Å². The highest BCUT2D eigenvalue weighted by atomic mass is 16.3. The first-order chi connectivity index (χ1) is 17.6. The first-order valence-electron chi connectivity index (χ1n) is 16.2. The second kappa shape index (κ2) is 34.4. The number of hydrogen-bond donors (Lipinski definition) is 3. The Balaban J connectivity index is 0. The molecule has 0 rings (SSSR count).